The molecule has 1 aromatic rings. The number of benzene rings is 1. The summed E-state index contributed by atoms with van der Waals surface area (Å²) in [5.74, 6) is 0.0271. The normalized spacial score (nSPS) is 10.4. The lowest BCUT2D eigenvalue weighted by Gasteiger charge is -2.23. The molecule has 2 amide bonds. The Labute approximate surface area is 141 Å². The number of anilines is 1. The van der Waals surface area contributed by atoms with Gasteiger partial charge in [0, 0.05) is 43.6 Å². The van der Waals surface area contributed by atoms with E-state index in [2.05, 4.69) is 22.9 Å². The summed E-state index contributed by atoms with van der Waals surface area (Å²) in [4.78, 5) is 27.4. The van der Waals surface area contributed by atoms with Crippen LogP contribution < -0.4 is 4.90 Å². The second-order valence-electron chi connectivity index (χ2n) is 5.52. The number of aryl methyl sites for hydroxylation is 1. The van der Waals surface area contributed by atoms with E-state index in [9.17, 15) is 9.59 Å². The van der Waals surface area contributed by atoms with Gasteiger partial charge in [0.1, 0.15) is 0 Å². The molecule has 0 saturated heterocycles. The van der Waals surface area contributed by atoms with Crippen LogP contribution in [0.4, 0.5) is 5.69 Å². The van der Waals surface area contributed by atoms with Gasteiger partial charge in [-0.05, 0) is 37.1 Å². The zero-order valence-electron chi connectivity index (χ0n) is 13.9. The molecule has 4 nitrogen and oxygen atoms in total. The van der Waals surface area contributed by atoms with E-state index in [0.29, 0.717) is 13.0 Å². The fourth-order valence-electron chi connectivity index (χ4n) is 2.18. The van der Waals surface area contributed by atoms with Crippen molar-refractivity contribution < 1.29 is 9.59 Å². The van der Waals surface area contributed by atoms with E-state index in [1.807, 2.05) is 32.2 Å². The number of amides is 2. The van der Waals surface area contributed by atoms with Crippen molar-refractivity contribution in [2.45, 2.75) is 40.0 Å². The third kappa shape index (κ3) is 5.44. The van der Waals surface area contributed by atoms with Crippen molar-refractivity contribution in [3.63, 3.8) is 0 Å². The molecule has 0 aliphatic heterocycles. The maximum atomic E-state index is 12.1. The topological polar surface area (TPSA) is 40.6 Å². The highest BCUT2D eigenvalue weighted by atomic mass is 79.9. The molecule has 0 saturated carbocycles. The smallest absolute Gasteiger partial charge is 0.224 e. The van der Waals surface area contributed by atoms with Gasteiger partial charge in [0.2, 0.25) is 11.8 Å². The van der Waals surface area contributed by atoms with Crippen LogP contribution in [0.5, 0.6) is 0 Å². The van der Waals surface area contributed by atoms with Gasteiger partial charge >= 0.3 is 0 Å². The highest BCUT2D eigenvalue weighted by Crippen LogP contribution is 2.23. The molecular formula is C17H25BrN2O2. The summed E-state index contributed by atoms with van der Waals surface area (Å²) in [6, 6.07) is 5.77. The van der Waals surface area contributed by atoms with Crippen LogP contribution in [-0.2, 0) is 9.59 Å². The van der Waals surface area contributed by atoms with Crippen molar-refractivity contribution >= 4 is 33.4 Å². The Hall–Kier alpha value is -1.36. The van der Waals surface area contributed by atoms with Crippen LogP contribution in [0.1, 0.15) is 38.7 Å². The minimum absolute atomic E-state index is 0.0502. The standard InChI is InChI=1S/C17H25BrN2O2/c1-5-6-10-19(4)17(22)9-11-20(14(3)21)15-7-8-16(18)13(2)12-15/h7-8,12H,5-6,9-11H2,1-4H3. The molecule has 0 bridgehead atoms. The van der Waals surface area contributed by atoms with Crippen molar-refractivity contribution in [2.24, 2.45) is 0 Å². The quantitative estimate of drug-likeness (QED) is 0.734. The van der Waals surface area contributed by atoms with Gasteiger partial charge in [0.05, 0.1) is 0 Å². The van der Waals surface area contributed by atoms with E-state index in [1.165, 1.54) is 6.92 Å². The summed E-state index contributed by atoms with van der Waals surface area (Å²) in [6.07, 6.45) is 2.41. The zero-order valence-corrected chi connectivity index (χ0v) is 15.4. The second kappa shape index (κ2) is 8.93. The number of carbonyl (C=O) groups is 2. The van der Waals surface area contributed by atoms with Crippen molar-refractivity contribution in [1.82, 2.24) is 4.90 Å². The number of nitrogens with zero attached hydrogens (tertiary/aromatic N) is 2. The van der Waals surface area contributed by atoms with Gasteiger partial charge in [-0.3, -0.25) is 9.59 Å². The molecule has 0 spiro atoms. The van der Waals surface area contributed by atoms with Gasteiger partial charge in [-0.1, -0.05) is 29.3 Å². The Morgan fingerprint density at radius 1 is 1.23 bits per heavy atom. The van der Waals surface area contributed by atoms with E-state index in [4.69, 9.17) is 0 Å². The van der Waals surface area contributed by atoms with Gasteiger partial charge in [-0.2, -0.15) is 0 Å². The van der Waals surface area contributed by atoms with Crippen LogP contribution in [0.25, 0.3) is 0 Å². The van der Waals surface area contributed by atoms with Crippen LogP contribution >= 0.6 is 15.9 Å². The molecule has 0 atom stereocenters. The lowest BCUT2D eigenvalue weighted by Crippen LogP contribution is -2.35. The van der Waals surface area contributed by atoms with E-state index >= 15 is 0 Å². The maximum Gasteiger partial charge on any atom is 0.224 e. The Balaban J connectivity index is 2.71. The average molecular weight is 369 g/mol. The fourth-order valence-corrected chi connectivity index (χ4v) is 2.43. The monoisotopic (exact) mass is 368 g/mol. The molecule has 5 heteroatoms. The number of rotatable bonds is 7. The van der Waals surface area contributed by atoms with Crippen molar-refractivity contribution in [3.8, 4) is 0 Å². The summed E-state index contributed by atoms with van der Waals surface area (Å²) in [5, 5.41) is 0. The number of unbranched alkanes of at least 4 members (excludes halogenated alkanes) is 1. The lowest BCUT2D eigenvalue weighted by molar-refractivity contribution is -0.129. The molecule has 0 N–H and O–H groups in total. The minimum atomic E-state index is -0.0502. The van der Waals surface area contributed by atoms with Crippen LogP contribution in [0.2, 0.25) is 0 Å². The Morgan fingerprint density at radius 2 is 1.91 bits per heavy atom. The van der Waals surface area contributed by atoms with E-state index in [-0.39, 0.29) is 11.8 Å². The molecule has 0 fully saturated rings. The Kier molecular flexibility index (Phi) is 7.59. The third-order valence-corrected chi connectivity index (χ3v) is 4.55. The minimum Gasteiger partial charge on any atom is -0.346 e. The molecule has 0 radical (unpaired) electrons. The molecule has 1 aromatic carbocycles. The van der Waals surface area contributed by atoms with Crippen molar-refractivity contribution in [3.05, 3.63) is 28.2 Å². The summed E-state index contributed by atoms with van der Waals surface area (Å²) >= 11 is 3.46. The largest absolute Gasteiger partial charge is 0.346 e. The molecule has 0 aliphatic carbocycles. The number of hydrogen-bond donors (Lipinski definition) is 0. The first kappa shape index (κ1) is 18.7. The van der Waals surface area contributed by atoms with Gasteiger partial charge < -0.3 is 9.80 Å². The average Bonchev–Trinajstić information content (AvgIpc) is 2.47. The maximum absolute atomic E-state index is 12.1. The van der Waals surface area contributed by atoms with Gasteiger partial charge in [-0.15, -0.1) is 0 Å². The van der Waals surface area contributed by atoms with Crippen LogP contribution in [0.3, 0.4) is 0 Å². The molecule has 122 valence electrons. The van der Waals surface area contributed by atoms with E-state index in [0.717, 1.165) is 35.1 Å². The van der Waals surface area contributed by atoms with Crippen molar-refractivity contribution in [1.29, 1.82) is 0 Å². The first-order valence-electron chi connectivity index (χ1n) is 7.65. The van der Waals surface area contributed by atoms with Crippen molar-refractivity contribution in [2.75, 3.05) is 25.0 Å². The molecule has 1 rings (SSSR count). The van der Waals surface area contributed by atoms with Crippen LogP contribution in [-0.4, -0.2) is 36.9 Å². The first-order valence-corrected chi connectivity index (χ1v) is 8.44. The van der Waals surface area contributed by atoms with Gasteiger partial charge in [0.25, 0.3) is 0 Å². The number of halogens is 1. The molecule has 22 heavy (non-hydrogen) atoms. The predicted octanol–water partition coefficient (Wildman–Crippen LogP) is 3.76. The summed E-state index contributed by atoms with van der Waals surface area (Å²) < 4.78 is 1.01. The number of hydrogen-bond acceptors (Lipinski definition) is 2. The lowest BCUT2D eigenvalue weighted by atomic mass is 10.2. The van der Waals surface area contributed by atoms with E-state index < -0.39 is 0 Å². The summed E-state index contributed by atoms with van der Waals surface area (Å²) in [7, 11) is 1.82. The van der Waals surface area contributed by atoms with E-state index in [1.54, 1.807) is 9.80 Å². The highest BCUT2D eigenvalue weighted by Gasteiger charge is 2.16. The SMILES string of the molecule is CCCCN(C)C(=O)CCN(C(C)=O)c1ccc(Br)c(C)c1. The Bertz CT molecular complexity index is 531. The predicted molar refractivity (Wildman–Crippen MR) is 94.1 cm³/mol. The first-order chi connectivity index (χ1) is 10.4. The van der Waals surface area contributed by atoms with Gasteiger partial charge in [-0.25, -0.2) is 0 Å². The number of carbonyl (C=O) groups excluding carboxylic acids is 2. The Morgan fingerprint density at radius 3 is 2.45 bits per heavy atom. The molecular weight excluding hydrogens is 344 g/mol. The van der Waals surface area contributed by atoms with Gasteiger partial charge in [0.15, 0.2) is 0 Å². The molecule has 0 heterocycles. The highest BCUT2D eigenvalue weighted by molar-refractivity contribution is 9.10. The fraction of sp³-hybridized carbons (Fsp3) is 0.529. The summed E-state index contributed by atoms with van der Waals surface area (Å²) in [6.45, 7) is 6.79. The van der Waals surface area contributed by atoms with Crippen LogP contribution in [0.15, 0.2) is 22.7 Å². The summed E-state index contributed by atoms with van der Waals surface area (Å²) in [5.41, 5.74) is 1.90. The second-order valence-corrected chi connectivity index (χ2v) is 6.38. The third-order valence-electron chi connectivity index (χ3n) is 3.66. The molecule has 0 unspecified atom stereocenters. The molecule has 0 aromatic heterocycles. The van der Waals surface area contributed by atoms with Crippen LogP contribution in [0, 0.1) is 6.92 Å². The zero-order chi connectivity index (χ0) is 16.7. The molecule has 0 aliphatic rings.